The van der Waals surface area contributed by atoms with Crippen LogP contribution in [-0.2, 0) is 4.79 Å². The quantitative estimate of drug-likeness (QED) is 0.753. The summed E-state index contributed by atoms with van der Waals surface area (Å²) in [5.41, 5.74) is 2.40. The normalized spacial score (nSPS) is 14.8. The lowest BCUT2D eigenvalue weighted by Gasteiger charge is -2.33. The Bertz CT molecular complexity index is 787. The molecule has 1 N–H and O–H groups in total. The van der Waals surface area contributed by atoms with Gasteiger partial charge < -0.3 is 15.0 Å². The van der Waals surface area contributed by atoms with Gasteiger partial charge in [0.2, 0.25) is 11.8 Å². The number of piperidine rings is 1. The molecule has 0 unspecified atom stereocenters. The fourth-order valence-corrected chi connectivity index (χ4v) is 3.56. The number of aldehydes is 1. The molecule has 0 saturated carbocycles. The second-order valence-corrected chi connectivity index (χ2v) is 7.03. The predicted octanol–water partition coefficient (Wildman–Crippen LogP) is 3.52. The van der Waals surface area contributed by atoms with E-state index in [1.54, 1.807) is 19.4 Å². The van der Waals surface area contributed by atoms with Gasteiger partial charge in [0.25, 0.3) is 0 Å². The molecule has 1 fully saturated rings. The number of halogens is 1. The number of carbonyl (C=O) groups excluding carboxylic acids is 2. The molecular formula is C19H20BrN3O3. The maximum atomic E-state index is 12.5. The smallest absolute Gasteiger partial charge is 0.227 e. The molecule has 0 spiro atoms. The van der Waals surface area contributed by atoms with Crippen molar-refractivity contribution >= 4 is 39.5 Å². The second kappa shape index (κ2) is 8.31. The van der Waals surface area contributed by atoms with Crippen molar-refractivity contribution in [2.24, 2.45) is 5.92 Å². The van der Waals surface area contributed by atoms with Gasteiger partial charge in [-0.1, -0.05) is 0 Å². The van der Waals surface area contributed by atoms with Gasteiger partial charge >= 0.3 is 0 Å². The third-order valence-electron chi connectivity index (χ3n) is 4.53. The number of rotatable bonds is 5. The average Bonchev–Trinajstić information content (AvgIpc) is 2.68. The number of carbonyl (C=O) groups is 2. The summed E-state index contributed by atoms with van der Waals surface area (Å²) in [5, 5.41) is 2.93. The molecule has 26 heavy (non-hydrogen) atoms. The first-order valence-corrected chi connectivity index (χ1v) is 9.20. The summed E-state index contributed by atoms with van der Waals surface area (Å²) in [6.07, 6.45) is 4.00. The molecule has 1 aromatic heterocycles. The third kappa shape index (κ3) is 4.22. The maximum Gasteiger partial charge on any atom is 0.227 e. The standard InChI is InChI=1S/C19H20BrN3O3/c1-26-19-17(20)10-15(11-21-19)22-18(25)14-6-8-23(9-7-14)16-4-2-13(12-24)3-5-16/h2-5,10-12,14H,6-9H2,1H3,(H,22,25). The van der Waals surface area contributed by atoms with Crippen LogP contribution in [0.25, 0.3) is 0 Å². The van der Waals surface area contributed by atoms with Crippen molar-refractivity contribution in [1.82, 2.24) is 4.98 Å². The van der Waals surface area contributed by atoms with Gasteiger partial charge in [-0.3, -0.25) is 9.59 Å². The zero-order valence-electron chi connectivity index (χ0n) is 14.4. The molecule has 0 atom stereocenters. The molecule has 0 aliphatic carbocycles. The zero-order valence-corrected chi connectivity index (χ0v) is 16.0. The van der Waals surface area contributed by atoms with E-state index in [-0.39, 0.29) is 11.8 Å². The number of aromatic nitrogens is 1. The van der Waals surface area contributed by atoms with E-state index in [9.17, 15) is 9.59 Å². The molecule has 1 aliphatic rings. The van der Waals surface area contributed by atoms with Crippen LogP contribution in [0.2, 0.25) is 0 Å². The number of nitrogens with one attached hydrogen (secondary N) is 1. The number of benzene rings is 1. The minimum absolute atomic E-state index is 0.0137. The van der Waals surface area contributed by atoms with Gasteiger partial charge in [-0.15, -0.1) is 0 Å². The second-order valence-electron chi connectivity index (χ2n) is 6.18. The van der Waals surface area contributed by atoms with E-state index in [1.165, 1.54) is 0 Å². The Kier molecular flexibility index (Phi) is 5.88. The number of nitrogens with zero attached hydrogens (tertiary/aromatic N) is 2. The summed E-state index contributed by atoms with van der Waals surface area (Å²) in [6, 6.07) is 9.31. The van der Waals surface area contributed by atoms with Crippen LogP contribution in [0.15, 0.2) is 41.0 Å². The van der Waals surface area contributed by atoms with Crippen molar-refractivity contribution in [1.29, 1.82) is 0 Å². The highest BCUT2D eigenvalue weighted by molar-refractivity contribution is 9.10. The number of methoxy groups -OCH3 is 1. The summed E-state index contributed by atoms with van der Waals surface area (Å²) in [7, 11) is 1.55. The van der Waals surface area contributed by atoms with E-state index in [0.29, 0.717) is 21.6 Å². The van der Waals surface area contributed by atoms with Gasteiger partial charge in [0.15, 0.2) is 0 Å². The molecule has 1 amide bonds. The molecule has 0 bridgehead atoms. The maximum absolute atomic E-state index is 12.5. The molecule has 7 heteroatoms. The minimum Gasteiger partial charge on any atom is -0.480 e. The Balaban J connectivity index is 1.56. The lowest BCUT2D eigenvalue weighted by molar-refractivity contribution is -0.120. The van der Waals surface area contributed by atoms with Gasteiger partial charge in [-0.05, 0) is 59.1 Å². The number of anilines is 2. The zero-order chi connectivity index (χ0) is 18.5. The Hall–Kier alpha value is -2.41. The first-order chi connectivity index (χ1) is 12.6. The van der Waals surface area contributed by atoms with Crippen molar-refractivity contribution in [2.45, 2.75) is 12.8 Å². The van der Waals surface area contributed by atoms with Crippen molar-refractivity contribution in [3.63, 3.8) is 0 Å². The Morgan fingerprint density at radius 1 is 1.31 bits per heavy atom. The Morgan fingerprint density at radius 3 is 2.58 bits per heavy atom. The van der Waals surface area contributed by atoms with Crippen LogP contribution in [0.4, 0.5) is 11.4 Å². The van der Waals surface area contributed by atoms with Gasteiger partial charge in [0.05, 0.1) is 23.5 Å². The first-order valence-electron chi connectivity index (χ1n) is 8.41. The number of hydrogen-bond donors (Lipinski definition) is 1. The number of amides is 1. The van der Waals surface area contributed by atoms with Crippen molar-refractivity contribution in [3.05, 3.63) is 46.6 Å². The molecule has 3 rings (SSSR count). The first kappa shape index (κ1) is 18.4. The van der Waals surface area contributed by atoms with Gasteiger partial charge in [0.1, 0.15) is 6.29 Å². The molecule has 1 aromatic carbocycles. The number of hydrogen-bond acceptors (Lipinski definition) is 5. The van der Waals surface area contributed by atoms with E-state index in [1.807, 2.05) is 24.3 Å². The van der Waals surface area contributed by atoms with Crippen LogP contribution >= 0.6 is 15.9 Å². The molecule has 2 aromatic rings. The highest BCUT2D eigenvalue weighted by Crippen LogP contribution is 2.27. The van der Waals surface area contributed by atoms with E-state index < -0.39 is 0 Å². The van der Waals surface area contributed by atoms with Crippen LogP contribution in [-0.4, -0.2) is 37.4 Å². The van der Waals surface area contributed by atoms with E-state index >= 15 is 0 Å². The number of ether oxygens (including phenoxy) is 1. The summed E-state index contributed by atoms with van der Waals surface area (Å²) in [6.45, 7) is 1.62. The fraction of sp³-hybridized carbons (Fsp3) is 0.316. The molecule has 0 radical (unpaired) electrons. The monoisotopic (exact) mass is 417 g/mol. The van der Waals surface area contributed by atoms with E-state index in [4.69, 9.17) is 4.74 Å². The van der Waals surface area contributed by atoms with Crippen LogP contribution in [0.1, 0.15) is 23.2 Å². The lowest BCUT2D eigenvalue weighted by Crippen LogP contribution is -2.38. The van der Waals surface area contributed by atoms with Crippen LogP contribution < -0.4 is 15.0 Å². The van der Waals surface area contributed by atoms with Crippen LogP contribution in [0.3, 0.4) is 0 Å². The number of pyridine rings is 1. The molecule has 6 nitrogen and oxygen atoms in total. The minimum atomic E-state index is -0.0265. The highest BCUT2D eigenvalue weighted by Gasteiger charge is 2.25. The van der Waals surface area contributed by atoms with Gasteiger partial charge in [-0.2, -0.15) is 0 Å². The average molecular weight is 418 g/mol. The van der Waals surface area contributed by atoms with Crippen molar-refractivity contribution in [2.75, 3.05) is 30.4 Å². The molecule has 1 aliphatic heterocycles. The SMILES string of the molecule is COc1ncc(NC(=O)C2CCN(c3ccc(C=O)cc3)CC2)cc1Br. The summed E-state index contributed by atoms with van der Waals surface area (Å²) in [4.78, 5) is 29.6. The largest absolute Gasteiger partial charge is 0.480 e. The fourth-order valence-electron chi connectivity index (χ4n) is 3.05. The summed E-state index contributed by atoms with van der Waals surface area (Å²) >= 11 is 3.37. The van der Waals surface area contributed by atoms with E-state index in [2.05, 4.69) is 31.1 Å². The van der Waals surface area contributed by atoms with Crippen molar-refractivity contribution in [3.8, 4) is 5.88 Å². The highest BCUT2D eigenvalue weighted by atomic mass is 79.9. The molecule has 2 heterocycles. The predicted molar refractivity (Wildman–Crippen MR) is 104 cm³/mol. The lowest BCUT2D eigenvalue weighted by atomic mass is 9.95. The van der Waals surface area contributed by atoms with Gasteiger partial charge in [0, 0.05) is 30.3 Å². The topological polar surface area (TPSA) is 71.5 Å². The van der Waals surface area contributed by atoms with E-state index in [0.717, 1.165) is 37.9 Å². The van der Waals surface area contributed by atoms with Crippen LogP contribution in [0.5, 0.6) is 5.88 Å². The van der Waals surface area contributed by atoms with Crippen LogP contribution in [0, 0.1) is 5.92 Å². The van der Waals surface area contributed by atoms with Gasteiger partial charge in [-0.25, -0.2) is 4.98 Å². The Morgan fingerprint density at radius 2 is 2.00 bits per heavy atom. The molecule has 1 saturated heterocycles. The van der Waals surface area contributed by atoms with Crippen molar-refractivity contribution < 1.29 is 14.3 Å². The summed E-state index contributed by atoms with van der Waals surface area (Å²) in [5.74, 6) is 0.470. The third-order valence-corrected chi connectivity index (χ3v) is 5.10. The Labute approximate surface area is 160 Å². The summed E-state index contributed by atoms with van der Waals surface area (Å²) < 4.78 is 5.79. The molecule has 136 valence electrons. The molecular weight excluding hydrogens is 398 g/mol.